The summed E-state index contributed by atoms with van der Waals surface area (Å²) in [5.74, 6) is -0.0705. The molecular formula is C16H14N2O2. The molecule has 0 spiro atoms. The molecule has 2 aromatic rings. The lowest BCUT2D eigenvalue weighted by Crippen LogP contribution is -2.42. The molecule has 1 atom stereocenters. The van der Waals surface area contributed by atoms with Gasteiger partial charge in [0.25, 0.3) is 0 Å². The number of oxime groups is 1. The monoisotopic (exact) mass is 266 g/mol. The summed E-state index contributed by atoms with van der Waals surface area (Å²) in [7, 11) is 0. The van der Waals surface area contributed by atoms with E-state index in [2.05, 4.69) is 10.1 Å². The van der Waals surface area contributed by atoms with Crippen molar-refractivity contribution in [2.45, 2.75) is 5.91 Å². The van der Waals surface area contributed by atoms with Gasteiger partial charge in [-0.15, -0.1) is 0 Å². The molecule has 2 aromatic carbocycles. The summed E-state index contributed by atoms with van der Waals surface area (Å²) in [5.41, 5.74) is 2.00. The fourth-order valence-electron chi connectivity index (χ4n) is 2.71. The van der Waals surface area contributed by atoms with E-state index < -0.39 is 5.91 Å². The highest BCUT2D eigenvalue weighted by atomic mass is 16.8. The Morgan fingerprint density at radius 3 is 2.40 bits per heavy atom. The van der Waals surface area contributed by atoms with E-state index in [1.54, 1.807) is 0 Å². The van der Waals surface area contributed by atoms with Crippen molar-refractivity contribution in [1.82, 2.24) is 4.90 Å². The number of ether oxygens (including phenoxy) is 1. The van der Waals surface area contributed by atoms with Crippen LogP contribution in [-0.2, 0) is 15.5 Å². The van der Waals surface area contributed by atoms with Gasteiger partial charge in [-0.25, -0.2) is 0 Å². The molecule has 2 aliphatic heterocycles. The van der Waals surface area contributed by atoms with Crippen molar-refractivity contribution in [1.29, 1.82) is 0 Å². The lowest BCUT2D eigenvalue weighted by Gasteiger charge is -2.29. The Morgan fingerprint density at radius 1 is 0.950 bits per heavy atom. The van der Waals surface area contributed by atoms with Gasteiger partial charge >= 0.3 is 5.91 Å². The van der Waals surface area contributed by atoms with Gasteiger partial charge in [0.1, 0.15) is 0 Å². The van der Waals surface area contributed by atoms with Crippen LogP contribution in [-0.4, -0.2) is 23.9 Å². The molecule has 0 amide bonds. The van der Waals surface area contributed by atoms with Gasteiger partial charge in [0, 0.05) is 17.7 Å². The fraction of sp³-hybridized carbons (Fsp3) is 0.188. The third-order valence-corrected chi connectivity index (χ3v) is 3.65. The molecule has 100 valence electrons. The average molecular weight is 266 g/mol. The first-order valence-electron chi connectivity index (χ1n) is 6.69. The molecule has 2 heterocycles. The Hall–Kier alpha value is -2.33. The summed E-state index contributed by atoms with van der Waals surface area (Å²) >= 11 is 0. The summed E-state index contributed by atoms with van der Waals surface area (Å²) in [6.45, 7) is 1.39. The summed E-state index contributed by atoms with van der Waals surface area (Å²) in [5, 5.41) is 4.26. The topological polar surface area (TPSA) is 34.1 Å². The van der Waals surface area contributed by atoms with Crippen molar-refractivity contribution >= 4 is 5.84 Å². The predicted octanol–water partition coefficient (Wildman–Crippen LogP) is 2.52. The van der Waals surface area contributed by atoms with Crippen LogP contribution in [0.2, 0.25) is 0 Å². The van der Waals surface area contributed by atoms with Crippen LogP contribution in [0.25, 0.3) is 0 Å². The highest BCUT2D eigenvalue weighted by Crippen LogP contribution is 2.40. The lowest BCUT2D eigenvalue weighted by molar-refractivity contribution is -0.252. The molecule has 1 fully saturated rings. The number of hydrogen-bond donors (Lipinski definition) is 0. The van der Waals surface area contributed by atoms with E-state index in [0.717, 1.165) is 23.5 Å². The normalized spacial score (nSPS) is 24.2. The van der Waals surface area contributed by atoms with Crippen molar-refractivity contribution in [3.63, 3.8) is 0 Å². The van der Waals surface area contributed by atoms with Crippen LogP contribution in [0.4, 0.5) is 0 Å². The van der Waals surface area contributed by atoms with Crippen LogP contribution in [0.15, 0.2) is 65.8 Å². The minimum atomic E-state index is -0.896. The van der Waals surface area contributed by atoms with E-state index >= 15 is 0 Å². The molecule has 0 aliphatic carbocycles. The lowest BCUT2D eigenvalue weighted by atomic mass is 10.1. The zero-order valence-corrected chi connectivity index (χ0v) is 10.9. The van der Waals surface area contributed by atoms with E-state index in [1.807, 2.05) is 60.7 Å². The van der Waals surface area contributed by atoms with Gasteiger partial charge in [-0.05, 0) is 0 Å². The first-order chi connectivity index (χ1) is 9.90. The number of rotatable bonds is 2. The molecular weight excluding hydrogens is 252 g/mol. The molecule has 0 radical (unpaired) electrons. The van der Waals surface area contributed by atoms with Crippen LogP contribution in [0.5, 0.6) is 0 Å². The van der Waals surface area contributed by atoms with Crippen molar-refractivity contribution in [2.75, 3.05) is 13.2 Å². The first-order valence-corrected chi connectivity index (χ1v) is 6.69. The molecule has 0 N–H and O–H groups in total. The minimum Gasteiger partial charge on any atom is -0.332 e. The standard InChI is InChI=1S/C16H14N2O2/c1-3-7-13(8-4-1)15-17-20-16(18(15)11-12-19-16)14-9-5-2-6-10-14/h1-10H,11-12H2. The molecule has 4 nitrogen and oxygen atoms in total. The highest BCUT2D eigenvalue weighted by molar-refractivity contribution is 5.99. The summed E-state index contributed by atoms with van der Waals surface area (Å²) in [6, 6.07) is 20.0. The Labute approximate surface area is 117 Å². The van der Waals surface area contributed by atoms with Crippen LogP contribution < -0.4 is 0 Å². The molecule has 4 rings (SSSR count). The Morgan fingerprint density at radius 2 is 1.65 bits per heavy atom. The van der Waals surface area contributed by atoms with E-state index in [-0.39, 0.29) is 0 Å². The summed E-state index contributed by atoms with van der Waals surface area (Å²) in [6.07, 6.45) is 0. The van der Waals surface area contributed by atoms with Crippen LogP contribution in [0, 0.1) is 0 Å². The number of benzene rings is 2. The molecule has 0 bridgehead atoms. The van der Waals surface area contributed by atoms with E-state index in [0.29, 0.717) is 6.61 Å². The third-order valence-electron chi connectivity index (χ3n) is 3.65. The molecule has 20 heavy (non-hydrogen) atoms. The Kier molecular flexibility index (Phi) is 2.50. The highest BCUT2D eigenvalue weighted by Gasteiger charge is 2.53. The largest absolute Gasteiger partial charge is 0.348 e. The smallest absolute Gasteiger partial charge is 0.332 e. The number of amidine groups is 1. The molecule has 4 heteroatoms. The molecule has 0 saturated carbocycles. The number of fused-ring (bicyclic) bond motifs is 1. The third kappa shape index (κ3) is 1.55. The molecule has 2 aliphatic rings. The zero-order chi connectivity index (χ0) is 13.4. The van der Waals surface area contributed by atoms with Gasteiger partial charge < -0.3 is 9.57 Å². The van der Waals surface area contributed by atoms with Crippen LogP contribution in [0.3, 0.4) is 0 Å². The van der Waals surface area contributed by atoms with Crippen molar-refractivity contribution in [3.8, 4) is 0 Å². The maximum atomic E-state index is 5.89. The van der Waals surface area contributed by atoms with E-state index in [4.69, 9.17) is 9.57 Å². The maximum Gasteiger partial charge on any atom is 0.348 e. The van der Waals surface area contributed by atoms with Gasteiger partial charge in [-0.2, -0.15) is 0 Å². The fourth-order valence-corrected chi connectivity index (χ4v) is 2.71. The van der Waals surface area contributed by atoms with Crippen LogP contribution in [0.1, 0.15) is 11.1 Å². The van der Waals surface area contributed by atoms with Gasteiger partial charge in [-0.3, -0.25) is 4.90 Å². The average Bonchev–Trinajstić information content (AvgIpc) is 3.08. The Balaban J connectivity index is 1.75. The van der Waals surface area contributed by atoms with Gasteiger partial charge in [0.15, 0.2) is 5.84 Å². The van der Waals surface area contributed by atoms with Crippen molar-refractivity contribution in [3.05, 3.63) is 71.8 Å². The Bertz CT molecular complexity index is 642. The SMILES string of the molecule is c1ccc(C2=NOC3(c4ccccc4)OCCN23)cc1. The quantitative estimate of drug-likeness (QED) is 0.837. The number of hydrogen-bond acceptors (Lipinski definition) is 4. The summed E-state index contributed by atoms with van der Waals surface area (Å²) in [4.78, 5) is 7.79. The van der Waals surface area contributed by atoms with Crippen molar-refractivity contribution in [2.24, 2.45) is 5.16 Å². The second-order valence-corrected chi connectivity index (χ2v) is 4.82. The molecule has 1 saturated heterocycles. The number of nitrogens with zero attached hydrogens (tertiary/aromatic N) is 2. The predicted molar refractivity (Wildman–Crippen MR) is 74.8 cm³/mol. The second-order valence-electron chi connectivity index (χ2n) is 4.82. The molecule has 1 unspecified atom stereocenters. The van der Waals surface area contributed by atoms with Gasteiger partial charge in [0.05, 0.1) is 6.61 Å². The second kappa shape index (κ2) is 4.35. The first kappa shape index (κ1) is 11.5. The van der Waals surface area contributed by atoms with E-state index in [1.165, 1.54) is 0 Å². The zero-order valence-electron chi connectivity index (χ0n) is 10.9. The maximum absolute atomic E-state index is 5.89. The molecule has 0 aromatic heterocycles. The minimum absolute atomic E-state index is 0.626. The van der Waals surface area contributed by atoms with Crippen LogP contribution >= 0.6 is 0 Å². The van der Waals surface area contributed by atoms with Gasteiger partial charge in [0.2, 0.25) is 0 Å². The van der Waals surface area contributed by atoms with Gasteiger partial charge in [-0.1, -0.05) is 65.8 Å². The van der Waals surface area contributed by atoms with Crippen molar-refractivity contribution < 1.29 is 9.57 Å². The van der Waals surface area contributed by atoms with E-state index in [9.17, 15) is 0 Å². The summed E-state index contributed by atoms with van der Waals surface area (Å²) < 4.78 is 5.89.